The maximum Gasteiger partial charge on any atom is 0.214 e. The zero-order valence-electron chi connectivity index (χ0n) is 15.9. The van der Waals surface area contributed by atoms with Crippen LogP contribution in [0.2, 0.25) is 0 Å². The minimum Gasteiger partial charge on any atom is -0.353 e. The largest absolute Gasteiger partial charge is 0.353 e. The van der Waals surface area contributed by atoms with E-state index < -0.39 is 15.3 Å². The molecule has 1 N–H and O–H groups in total. The van der Waals surface area contributed by atoms with Crippen molar-refractivity contribution in [2.24, 2.45) is 0 Å². The van der Waals surface area contributed by atoms with E-state index in [0.29, 0.717) is 6.42 Å². The molecule has 146 valence electrons. The molecule has 3 rings (SSSR count). The molecule has 7 nitrogen and oxygen atoms in total. The van der Waals surface area contributed by atoms with Gasteiger partial charge in [-0.15, -0.1) is 0 Å². The van der Waals surface area contributed by atoms with Crippen LogP contribution in [0.5, 0.6) is 0 Å². The summed E-state index contributed by atoms with van der Waals surface area (Å²) < 4.78 is 27.3. The van der Waals surface area contributed by atoms with Crippen molar-refractivity contribution >= 4 is 21.7 Å². The predicted molar refractivity (Wildman–Crippen MR) is 108 cm³/mol. The van der Waals surface area contributed by atoms with Gasteiger partial charge in [-0.3, -0.25) is 0 Å². The van der Waals surface area contributed by atoms with Gasteiger partial charge in [0.05, 0.1) is 5.25 Å². The van der Waals surface area contributed by atoms with Gasteiger partial charge in [-0.1, -0.05) is 19.1 Å². The SMILES string of the molecule is CC[C@H](C)S(=O)(=O)NCc1cccnc1N1CCN(c2ccccn2)CC1. The first-order valence-electron chi connectivity index (χ1n) is 9.34. The van der Waals surface area contributed by atoms with E-state index in [-0.39, 0.29) is 6.54 Å². The summed E-state index contributed by atoms with van der Waals surface area (Å²) in [6.45, 7) is 7.20. The number of anilines is 2. The highest BCUT2D eigenvalue weighted by atomic mass is 32.2. The Morgan fingerprint density at radius 3 is 2.41 bits per heavy atom. The van der Waals surface area contributed by atoms with Crippen LogP contribution in [-0.2, 0) is 16.6 Å². The summed E-state index contributed by atoms with van der Waals surface area (Å²) in [4.78, 5) is 13.4. The molecule has 0 unspecified atom stereocenters. The van der Waals surface area contributed by atoms with Crippen LogP contribution in [0.3, 0.4) is 0 Å². The number of hydrogen-bond donors (Lipinski definition) is 1. The molecule has 2 aromatic heterocycles. The van der Waals surface area contributed by atoms with Crippen LogP contribution in [0.4, 0.5) is 11.6 Å². The molecular formula is C19H27N5O2S. The summed E-state index contributed by atoms with van der Waals surface area (Å²) in [6, 6.07) is 9.72. The number of rotatable bonds is 7. The quantitative estimate of drug-likeness (QED) is 0.781. The summed E-state index contributed by atoms with van der Waals surface area (Å²) >= 11 is 0. The van der Waals surface area contributed by atoms with Crippen molar-refractivity contribution in [3.8, 4) is 0 Å². The fraction of sp³-hybridized carbons (Fsp3) is 0.474. The Kier molecular flexibility index (Phi) is 6.28. The maximum absolute atomic E-state index is 12.3. The Morgan fingerprint density at radius 2 is 1.74 bits per heavy atom. The molecular weight excluding hydrogens is 362 g/mol. The van der Waals surface area contributed by atoms with Crippen LogP contribution in [0.25, 0.3) is 0 Å². The first-order valence-corrected chi connectivity index (χ1v) is 10.9. The second-order valence-electron chi connectivity index (χ2n) is 6.73. The van der Waals surface area contributed by atoms with Crippen molar-refractivity contribution in [2.75, 3.05) is 36.0 Å². The van der Waals surface area contributed by atoms with Crippen LogP contribution in [-0.4, -0.2) is 49.8 Å². The highest BCUT2D eigenvalue weighted by Crippen LogP contribution is 2.21. The monoisotopic (exact) mass is 389 g/mol. The zero-order chi connectivity index (χ0) is 19.3. The number of pyridine rings is 2. The van der Waals surface area contributed by atoms with E-state index in [1.54, 1.807) is 13.1 Å². The second-order valence-corrected chi connectivity index (χ2v) is 8.92. The number of piperazine rings is 1. The van der Waals surface area contributed by atoms with Crippen LogP contribution in [0.15, 0.2) is 42.7 Å². The fourth-order valence-electron chi connectivity index (χ4n) is 3.08. The Morgan fingerprint density at radius 1 is 1.04 bits per heavy atom. The van der Waals surface area contributed by atoms with Gasteiger partial charge in [0, 0.05) is 50.7 Å². The third kappa shape index (κ3) is 4.75. The first-order chi connectivity index (χ1) is 13.0. The summed E-state index contributed by atoms with van der Waals surface area (Å²) in [7, 11) is -3.31. The lowest BCUT2D eigenvalue weighted by atomic mass is 10.2. The van der Waals surface area contributed by atoms with Gasteiger partial charge in [-0.05, 0) is 31.5 Å². The lowest BCUT2D eigenvalue weighted by Gasteiger charge is -2.36. The van der Waals surface area contributed by atoms with Gasteiger partial charge in [0.25, 0.3) is 0 Å². The molecule has 0 amide bonds. The first kappa shape index (κ1) is 19.6. The van der Waals surface area contributed by atoms with Crippen LogP contribution < -0.4 is 14.5 Å². The molecule has 0 saturated carbocycles. The predicted octanol–water partition coefficient (Wildman–Crippen LogP) is 2.02. The van der Waals surface area contributed by atoms with E-state index in [2.05, 4.69) is 24.5 Å². The van der Waals surface area contributed by atoms with E-state index in [1.165, 1.54) is 0 Å². The van der Waals surface area contributed by atoms with Gasteiger partial charge in [-0.2, -0.15) is 0 Å². The van der Waals surface area contributed by atoms with Gasteiger partial charge in [0.2, 0.25) is 10.0 Å². The average Bonchev–Trinajstić information content (AvgIpc) is 2.72. The maximum atomic E-state index is 12.3. The third-order valence-corrected chi connectivity index (χ3v) is 6.93. The van der Waals surface area contributed by atoms with Crippen LogP contribution >= 0.6 is 0 Å². The highest BCUT2D eigenvalue weighted by molar-refractivity contribution is 7.90. The van der Waals surface area contributed by atoms with Crippen LogP contribution in [0, 0.1) is 0 Å². The molecule has 0 aromatic carbocycles. The molecule has 8 heteroatoms. The molecule has 27 heavy (non-hydrogen) atoms. The third-order valence-electron chi connectivity index (χ3n) is 4.99. The molecule has 1 fully saturated rings. The molecule has 0 radical (unpaired) electrons. The minimum atomic E-state index is -3.31. The van der Waals surface area contributed by atoms with E-state index in [1.807, 2.05) is 43.5 Å². The van der Waals surface area contributed by atoms with Gasteiger partial charge >= 0.3 is 0 Å². The van der Waals surface area contributed by atoms with E-state index in [0.717, 1.165) is 43.4 Å². The Balaban J connectivity index is 1.66. The number of hydrogen-bond acceptors (Lipinski definition) is 6. The van der Waals surface area contributed by atoms with Crippen molar-refractivity contribution in [1.29, 1.82) is 0 Å². The lowest BCUT2D eigenvalue weighted by molar-refractivity contribution is 0.565. The number of nitrogens with one attached hydrogen (secondary N) is 1. The van der Waals surface area contributed by atoms with E-state index in [4.69, 9.17) is 0 Å². The molecule has 0 spiro atoms. The Hall–Kier alpha value is -2.19. The molecule has 1 saturated heterocycles. The number of aromatic nitrogens is 2. The van der Waals surface area contributed by atoms with Gasteiger partial charge in [-0.25, -0.2) is 23.1 Å². The fourth-order valence-corrected chi connectivity index (χ4v) is 4.16. The number of nitrogens with zero attached hydrogens (tertiary/aromatic N) is 4. The molecule has 0 bridgehead atoms. The summed E-state index contributed by atoms with van der Waals surface area (Å²) in [5.41, 5.74) is 0.899. The minimum absolute atomic E-state index is 0.260. The van der Waals surface area contributed by atoms with Gasteiger partial charge in [0.15, 0.2) is 0 Å². The summed E-state index contributed by atoms with van der Waals surface area (Å²) in [5, 5.41) is -0.403. The van der Waals surface area contributed by atoms with Crippen molar-refractivity contribution in [2.45, 2.75) is 32.1 Å². The average molecular weight is 390 g/mol. The summed E-state index contributed by atoms with van der Waals surface area (Å²) in [5.74, 6) is 1.84. The van der Waals surface area contributed by atoms with E-state index in [9.17, 15) is 8.42 Å². The standard InChI is InChI=1S/C19H27N5O2S/c1-3-16(2)27(25,26)22-15-17-7-6-10-21-19(17)24-13-11-23(12-14-24)18-8-4-5-9-20-18/h4-10,16,22H,3,11-15H2,1-2H3/t16-/m0/s1. The van der Waals surface area contributed by atoms with E-state index >= 15 is 0 Å². The van der Waals surface area contributed by atoms with Gasteiger partial charge < -0.3 is 9.80 Å². The molecule has 1 atom stereocenters. The topological polar surface area (TPSA) is 78.4 Å². The normalized spacial score (nSPS) is 16.4. The highest BCUT2D eigenvalue weighted by Gasteiger charge is 2.23. The molecule has 3 heterocycles. The van der Waals surface area contributed by atoms with Crippen molar-refractivity contribution in [3.05, 3.63) is 48.3 Å². The molecule has 1 aliphatic rings. The van der Waals surface area contributed by atoms with Crippen LogP contribution in [0.1, 0.15) is 25.8 Å². The molecule has 0 aliphatic carbocycles. The van der Waals surface area contributed by atoms with Gasteiger partial charge in [0.1, 0.15) is 11.6 Å². The number of sulfonamides is 1. The smallest absolute Gasteiger partial charge is 0.214 e. The zero-order valence-corrected chi connectivity index (χ0v) is 16.7. The lowest BCUT2D eigenvalue weighted by Crippen LogP contribution is -2.47. The Labute approximate surface area is 161 Å². The van der Waals surface area contributed by atoms with Crippen molar-refractivity contribution in [3.63, 3.8) is 0 Å². The Bertz CT molecular complexity index is 836. The summed E-state index contributed by atoms with van der Waals surface area (Å²) in [6.07, 6.45) is 4.15. The van der Waals surface area contributed by atoms with Crippen molar-refractivity contribution < 1.29 is 8.42 Å². The second kappa shape index (κ2) is 8.67. The molecule has 1 aliphatic heterocycles. The molecule has 2 aromatic rings. The van der Waals surface area contributed by atoms with Crippen molar-refractivity contribution in [1.82, 2.24) is 14.7 Å².